The summed E-state index contributed by atoms with van der Waals surface area (Å²) < 4.78 is 4.59. The van der Waals surface area contributed by atoms with Crippen LogP contribution in [0.3, 0.4) is 0 Å². The van der Waals surface area contributed by atoms with Crippen molar-refractivity contribution in [1.29, 1.82) is 0 Å². The van der Waals surface area contributed by atoms with E-state index in [1.54, 1.807) is 7.05 Å². The molecule has 120 valence electrons. The van der Waals surface area contributed by atoms with E-state index in [1.165, 1.54) is 7.11 Å². The Labute approximate surface area is 140 Å². The van der Waals surface area contributed by atoms with Gasteiger partial charge >= 0.3 is 5.97 Å². The average molecular weight is 399 g/mol. The number of ether oxygens (including phenoxy) is 1. The molecule has 0 fully saturated rings. The molecule has 0 aliphatic heterocycles. The summed E-state index contributed by atoms with van der Waals surface area (Å²) in [7, 11) is 3.21. The summed E-state index contributed by atoms with van der Waals surface area (Å²) in [5.41, 5.74) is 0. The van der Waals surface area contributed by atoms with Crippen LogP contribution in [0.5, 0.6) is 0 Å². The zero-order valence-corrected chi connectivity index (χ0v) is 15.5. The second-order valence-corrected chi connectivity index (χ2v) is 5.00. The van der Waals surface area contributed by atoms with E-state index in [0.717, 1.165) is 44.7 Å². The quantitative estimate of drug-likeness (QED) is 0.206. The molecule has 5 nitrogen and oxygen atoms in total. The number of carbonyl (C=O) groups excluding carboxylic acids is 1. The summed E-state index contributed by atoms with van der Waals surface area (Å²) in [6.07, 6.45) is 4.58. The molecule has 0 aromatic carbocycles. The summed E-state index contributed by atoms with van der Waals surface area (Å²) >= 11 is 0. The number of methoxy groups -OCH3 is 1. The molecule has 0 aromatic heterocycles. The maximum absolute atomic E-state index is 10.9. The fraction of sp³-hybridized carbons (Fsp3) is 0.857. The van der Waals surface area contributed by atoms with Crippen molar-refractivity contribution in [3.05, 3.63) is 0 Å². The lowest BCUT2D eigenvalue weighted by Crippen LogP contribution is -2.38. The highest BCUT2D eigenvalue weighted by atomic mass is 127. The van der Waals surface area contributed by atoms with E-state index >= 15 is 0 Å². The van der Waals surface area contributed by atoms with Gasteiger partial charge in [-0.1, -0.05) is 20.3 Å². The Kier molecular flexibility index (Phi) is 16.2. The van der Waals surface area contributed by atoms with Crippen molar-refractivity contribution in [3.8, 4) is 0 Å². The molecule has 0 aliphatic carbocycles. The van der Waals surface area contributed by atoms with Gasteiger partial charge in [-0.15, -0.1) is 24.0 Å². The van der Waals surface area contributed by atoms with Crippen LogP contribution in [-0.4, -0.2) is 39.2 Å². The van der Waals surface area contributed by atoms with Crippen LogP contribution in [0.25, 0.3) is 0 Å². The van der Waals surface area contributed by atoms with Gasteiger partial charge in [0.25, 0.3) is 0 Å². The average Bonchev–Trinajstić information content (AvgIpc) is 2.39. The first kappa shape index (κ1) is 21.8. The van der Waals surface area contributed by atoms with Gasteiger partial charge < -0.3 is 15.4 Å². The molecule has 0 atom stereocenters. The van der Waals surface area contributed by atoms with Gasteiger partial charge in [0, 0.05) is 26.6 Å². The monoisotopic (exact) mass is 399 g/mol. The Balaban J connectivity index is 0. The van der Waals surface area contributed by atoms with Crippen LogP contribution in [0.2, 0.25) is 0 Å². The number of rotatable bonds is 9. The van der Waals surface area contributed by atoms with Crippen LogP contribution in [0, 0.1) is 5.92 Å². The second kappa shape index (κ2) is 14.9. The lowest BCUT2D eigenvalue weighted by atomic mass is 10.1. The molecule has 0 heterocycles. The van der Waals surface area contributed by atoms with Crippen molar-refractivity contribution in [2.24, 2.45) is 10.9 Å². The van der Waals surface area contributed by atoms with Crippen LogP contribution in [0.1, 0.15) is 46.0 Å². The van der Waals surface area contributed by atoms with Crippen molar-refractivity contribution in [1.82, 2.24) is 10.6 Å². The van der Waals surface area contributed by atoms with Crippen molar-refractivity contribution >= 4 is 35.9 Å². The second-order valence-electron chi connectivity index (χ2n) is 5.00. The number of hydrogen-bond acceptors (Lipinski definition) is 3. The van der Waals surface area contributed by atoms with E-state index in [4.69, 9.17) is 0 Å². The minimum atomic E-state index is -0.126. The molecule has 0 aliphatic rings. The Morgan fingerprint density at radius 2 is 1.80 bits per heavy atom. The standard InChI is InChI=1S/C14H29N3O2.HI/c1-12(2)9-11-17-14(15-3)16-10-7-5-6-8-13(18)19-4;/h12H,5-11H2,1-4H3,(H2,15,16,17);1H. The number of unbranched alkanes of at least 4 members (excludes halogenated alkanes) is 2. The number of nitrogens with zero attached hydrogens (tertiary/aromatic N) is 1. The van der Waals surface area contributed by atoms with Gasteiger partial charge in [-0.3, -0.25) is 9.79 Å². The van der Waals surface area contributed by atoms with Crippen LogP contribution in [0.15, 0.2) is 4.99 Å². The summed E-state index contributed by atoms with van der Waals surface area (Å²) in [5.74, 6) is 1.43. The predicted octanol–water partition coefficient (Wildman–Crippen LogP) is 2.55. The first-order valence-corrected chi connectivity index (χ1v) is 7.11. The third kappa shape index (κ3) is 13.9. The van der Waals surface area contributed by atoms with E-state index in [9.17, 15) is 4.79 Å². The number of nitrogens with one attached hydrogen (secondary N) is 2. The number of guanidine groups is 1. The molecule has 6 heteroatoms. The van der Waals surface area contributed by atoms with Gasteiger partial charge in [-0.2, -0.15) is 0 Å². The van der Waals surface area contributed by atoms with E-state index < -0.39 is 0 Å². The van der Waals surface area contributed by atoms with Crippen LogP contribution >= 0.6 is 24.0 Å². The molecule has 0 rings (SSSR count). The van der Waals surface area contributed by atoms with Gasteiger partial charge in [0.15, 0.2) is 5.96 Å². The maximum Gasteiger partial charge on any atom is 0.305 e. The van der Waals surface area contributed by atoms with E-state index in [1.807, 2.05) is 0 Å². The Hall–Kier alpha value is -0.530. The molecule has 0 aromatic rings. The molecule has 0 bridgehead atoms. The number of esters is 1. The Morgan fingerprint density at radius 3 is 2.35 bits per heavy atom. The summed E-state index contributed by atoms with van der Waals surface area (Å²) in [5, 5.41) is 6.55. The topological polar surface area (TPSA) is 62.7 Å². The van der Waals surface area contributed by atoms with Crippen molar-refractivity contribution in [3.63, 3.8) is 0 Å². The van der Waals surface area contributed by atoms with Crippen LogP contribution in [0.4, 0.5) is 0 Å². The van der Waals surface area contributed by atoms with Gasteiger partial charge in [-0.05, 0) is 25.2 Å². The number of aliphatic imine (C=N–C) groups is 1. The first-order chi connectivity index (χ1) is 9.10. The highest BCUT2D eigenvalue weighted by Gasteiger charge is 2.00. The highest BCUT2D eigenvalue weighted by molar-refractivity contribution is 14.0. The summed E-state index contributed by atoms with van der Waals surface area (Å²) in [6, 6.07) is 0. The third-order valence-corrected chi connectivity index (χ3v) is 2.82. The lowest BCUT2D eigenvalue weighted by molar-refractivity contribution is -0.140. The number of halogens is 1. The van der Waals surface area contributed by atoms with Gasteiger partial charge in [0.2, 0.25) is 0 Å². The lowest BCUT2D eigenvalue weighted by Gasteiger charge is -2.12. The first-order valence-electron chi connectivity index (χ1n) is 7.11. The van der Waals surface area contributed by atoms with Crippen LogP contribution < -0.4 is 10.6 Å². The predicted molar refractivity (Wildman–Crippen MR) is 94.7 cm³/mol. The third-order valence-electron chi connectivity index (χ3n) is 2.82. The van der Waals surface area contributed by atoms with Crippen molar-refractivity contribution < 1.29 is 9.53 Å². The molecule has 0 saturated heterocycles. The molecular weight excluding hydrogens is 369 g/mol. The maximum atomic E-state index is 10.9. The smallest absolute Gasteiger partial charge is 0.305 e. The van der Waals surface area contributed by atoms with Crippen LogP contribution in [-0.2, 0) is 9.53 Å². The van der Waals surface area contributed by atoms with E-state index in [-0.39, 0.29) is 29.9 Å². The van der Waals surface area contributed by atoms with Gasteiger partial charge in [0.1, 0.15) is 0 Å². The fourth-order valence-corrected chi connectivity index (χ4v) is 1.58. The molecule has 20 heavy (non-hydrogen) atoms. The molecule has 0 amide bonds. The molecule has 0 saturated carbocycles. The molecule has 0 spiro atoms. The summed E-state index contributed by atoms with van der Waals surface area (Å²) in [4.78, 5) is 15.1. The van der Waals surface area contributed by atoms with Crippen molar-refractivity contribution in [2.45, 2.75) is 46.0 Å². The van der Waals surface area contributed by atoms with E-state index in [0.29, 0.717) is 12.3 Å². The minimum Gasteiger partial charge on any atom is -0.469 e. The zero-order valence-electron chi connectivity index (χ0n) is 13.2. The molecule has 2 N–H and O–H groups in total. The summed E-state index contributed by atoms with van der Waals surface area (Å²) in [6.45, 7) is 6.24. The van der Waals surface area contributed by atoms with Crippen molar-refractivity contribution in [2.75, 3.05) is 27.2 Å². The normalized spacial score (nSPS) is 10.9. The number of carbonyl (C=O) groups is 1. The SMILES string of the molecule is CN=C(NCCCCCC(=O)OC)NCCC(C)C.I. The highest BCUT2D eigenvalue weighted by Crippen LogP contribution is 2.00. The number of hydrogen-bond donors (Lipinski definition) is 2. The Morgan fingerprint density at radius 1 is 1.15 bits per heavy atom. The zero-order chi connectivity index (χ0) is 14.5. The molecular formula is C14H30IN3O2. The van der Waals surface area contributed by atoms with E-state index in [2.05, 4.69) is 34.2 Å². The van der Waals surface area contributed by atoms with Gasteiger partial charge in [-0.25, -0.2) is 0 Å². The fourth-order valence-electron chi connectivity index (χ4n) is 1.58. The molecule has 0 unspecified atom stereocenters. The molecule has 0 radical (unpaired) electrons. The largest absolute Gasteiger partial charge is 0.469 e. The Bertz CT molecular complexity index is 271. The van der Waals surface area contributed by atoms with Gasteiger partial charge in [0.05, 0.1) is 7.11 Å². The minimum absolute atomic E-state index is 0.